The highest BCUT2D eigenvalue weighted by Gasteiger charge is 2.37. The van der Waals surface area contributed by atoms with Crippen molar-refractivity contribution in [3.05, 3.63) is 18.2 Å². The summed E-state index contributed by atoms with van der Waals surface area (Å²) in [5.41, 5.74) is 6.72. The van der Waals surface area contributed by atoms with E-state index in [1.807, 2.05) is 0 Å². The Labute approximate surface area is 108 Å². The predicted octanol–water partition coefficient (Wildman–Crippen LogP) is 1.52. The smallest absolute Gasteiger partial charge is 0.238 e. The summed E-state index contributed by atoms with van der Waals surface area (Å²) in [5.74, 6) is 0.622. The van der Waals surface area contributed by atoms with Crippen molar-refractivity contribution in [3.8, 4) is 0 Å². The maximum Gasteiger partial charge on any atom is 0.238 e. The number of benzene rings is 1. The molecule has 1 aromatic rings. The van der Waals surface area contributed by atoms with Gasteiger partial charge in [0.25, 0.3) is 0 Å². The zero-order valence-corrected chi connectivity index (χ0v) is 11.4. The predicted molar refractivity (Wildman–Crippen MR) is 72.7 cm³/mol. The van der Waals surface area contributed by atoms with Crippen LogP contribution in [0, 0.1) is 5.92 Å². The van der Waals surface area contributed by atoms with Crippen LogP contribution in [0.4, 0.5) is 11.4 Å². The minimum absolute atomic E-state index is 0.0385. The molecule has 0 spiro atoms. The molecule has 1 aliphatic carbocycles. The van der Waals surface area contributed by atoms with Crippen molar-refractivity contribution in [2.45, 2.75) is 37.1 Å². The fraction of sp³-hybridized carbons (Fsp3) is 0.500. The fourth-order valence-electron chi connectivity index (χ4n) is 2.14. The van der Waals surface area contributed by atoms with Gasteiger partial charge in [-0.25, -0.2) is 13.6 Å². The van der Waals surface area contributed by atoms with Crippen LogP contribution in [0.5, 0.6) is 0 Å². The Balaban J connectivity index is 2.31. The van der Waals surface area contributed by atoms with Crippen LogP contribution in [0.15, 0.2) is 23.1 Å². The van der Waals surface area contributed by atoms with Crippen molar-refractivity contribution in [1.82, 2.24) is 0 Å². The minimum atomic E-state index is -3.73. The summed E-state index contributed by atoms with van der Waals surface area (Å²) in [6.45, 7) is 4.20. The molecule has 1 aliphatic rings. The number of anilines is 2. The molecule has 0 unspecified atom stereocenters. The van der Waals surface area contributed by atoms with Gasteiger partial charge in [-0.05, 0) is 50.8 Å². The van der Waals surface area contributed by atoms with Crippen molar-refractivity contribution >= 4 is 21.4 Å². The third kappa shape index (κ3) is 2.94. The molecule has 1 aromatic carbocycles. The van der Waals surface area contributed by atoms with Gasteiger partial charge in [-0.2, -0.15) is 0 Å². The number of hydrogen-bond donors (Lipinski definition) is 3. The van der Waals surface area contributed by atoms with E-state index in [4.69, 9.17) is 10.9 Å². The maximum absolute atomic E-state index is 11.3. The van der Waals surface area contributed by atoms with E-state index in [2.05, 4.69) is 19.2 Å². The lowest BCUT2D eigenvalue weighted by Crippen LogP contribution is -2.33. The quantitative estimate of drug-likeness (QED) is 0.722. The average Bonchev–Trinajstić information content (AvgIpc) is 2.96. The number of nitrogens with two attached hydrogens (primary N) is 2. The molecule has 100 valence electrons. The SMILES string of the molecule is CC(C)(Nc1cc(N)cc(S(N)(=O)=O)c1)C1CC1. The van der Waals surface area contributed by atoms with E-state index in [-0.39, 0.29) is 10.4 Å². The lowest BCUT2D eigenvalue weighted by atomic mass is 9.98. The summed E-state index contributed by atoms with van der Waals surface area (Å²) in [6.07, 6.45) is 2.40. The van der Waals surface area contributed by atoms with Crippen LogP contribution in [0.1, 0.15) is 26.7 Å². The summed E-state index contributed by atoms with van der Waals surface area (Å²) in [6, 6.07) is 4.61. The topological polar surface area (TPSA) is 98.2 Å². The molecule has 6 heteroatoms. The van der Waals surface area contributed by atoms with Crippen molar-refractivity contribution in [3.63, 3.8) is 0 Å². The number of primary sulfonamides is 1. The van der Waals surface area contributed by atoms with Gasteiger partial charge in [0.15, 0.2) is 0 Å². The second-order valence-corrected chi connectivity index (χ2v) is 7.02. The first-order valence-electron chi connectivity index (χ1n) is 5.90. The van der Waals surface area contributed by atoms with Gasteiger partial charge in [-0.3, -0.25) is 0 Å². The van der Waals surface area contributed by atoms with E-state index in [1.54, 1.807) is 6.07 Å². The highest BCUT2D eigenvalue weighted by atomic mass is 32.2. The van der Waals surface area contributed by atoms with Gasteiger partial charge < -0.3 is 11.1 Å². The van der Waals surface area contributed by atoms with Crippen molar-refractivity contribution in [2.75, 3.05) is 11.1 Å². The highest BCUT2D eigenvalue weighted by Crippen LogP contribution is 2.41. The molecule has 18 heavy (non-hydrogen) atoms. The zero-order valence-electron chi connectivity index (χ0n) is 10.6. The molecule has 2 rings (SSSR count). The van der Waals surface area contributed by atoms with E-state index in [1.165, 1.54) is 25.0 Å². The molecule has 0 heterocycles. The Morgan fingerprint density at radius 2 is 1.89 bits per heavy atom. The van der Waals surface area contributed by atoms with Gasteiger partial charge in [-0.15, -0.1) is 0 Å². The number of rotatable bonds is 4. The van der Waals surface area contributed by atoms with Crippen molar-refractivity contribution < 1.29 is 8.42 Å². The maximum atomic E-state index is 11.3. The standard InChI is InChI=1S/C12H19N3O2S/c1-12(2,8-3-4-8)15-10-5-9(13)6-11(7-10)18(14,16)17/h5-8,15H,3-4,13H2,1-2H3,(H2,14,16,17). The largest absolute Gasteiger partial charge is 0.399 e. The molecule has 1 saturated carbocycles. The van der Waals surface area contributed by atoms with Crippen LogP contribution in [0.2, 0.25) is 0 Å². The molecule has 5 nitrogen and oxygen atoms in total. The Morgan fingerprint density at radius 3 is 2.39 bits per heavy atom. The van der Waals surface area contributed by atoms with Gasteiger partial charge in [0.05, 0.1) is 4.90 Å². The van der Waals surface area contributed by atoms with E-state index >= 15 is 0 Å². The van der Waals surface area contributed by atoms with Gasteiger partial charge in [0.2, 0.25) is 10.0 Å². The summed E-state index contributed by atoms with van der Waals surface area (Å²) < 4.78 is 22.7. The van der Waals surface area contributed by atoms with Crippen LogP contribution in [0.25, 0.3) is 0 Å². The highest BCUT2D eigenvalue weighted by molar-refractivity contribution is 7.89. The molecule has 0 radical (unpaired) electrons. The second-order valence-electron chi connectivity index (χ2n) is 5.46. The van der Waals surface area contributed by atoms with Crippen molar-refractivity contribution in [1.29, 1.82) is 0 Å². The minimum Gasteiger partial charge on any atom is -0.399 e. The Kier molecular flexibility index (Phi) is 3.03. The number of hydrogen-bond acceptors (Lipinski definition) is 4. The number of nitrogens with one attached hydrogen (secondary N) is 1. The third-order valence-electron chi connectivity index (χ3n) is 3.32. The summed E-state index contributed by atoms with van der Waals surface area (Å²) in [5, 5.41) is 8.45. The molecular weight excluding hydrogens is 250 g/mol. The first-order chi connectivity index (χ1) is 8.18. The van der Waals surface area contributed by atoms with E-state index in [9.17, 15) is 8.42 Å². The van der Waals surface area contributed by atoms with Crippen LogP contribution < -0.4 is 16.2 Å². The first-order valence-corrected chi connectivity index (χ1v) is 7.45. The lowest BCUT2D eigenvalue weighted by Gasteiger charge is -2.28. The van der Waals surface area contributed by atoms with Gasteiger partial charge in [0.1, 0.15) is 0 Å². The van der Waals surface area contributed by atoms with Gasteiger partial charge in [0, 0.05) is 16.9 Å². The van der Waals surface area contributed by atoms with E-state index in [0.717, 1.165) is 0 Å². The molecule has 0 aliphatic heterocycles. The normalized spacial score (nSPS) is 16.6. The van der Waals surface area contributed by atoms with Crippen LogP contribution >= 0.6 is 0 Å². The molecule has 0 bridgehead atoms. The molecule has 0 saturated heterocycles. The average molecular weight is 269 g/mol. The monoisotopic (exact) mass is 269 g/mol. The first kappa shape index (κ1) is 13.2. The second kappa shape index (κ2) is 4.13. The Morgan fingerprint density at radius 1 is 1.28 bits per heavy atom. The van der Waals surface area contributed by atoms with Crippen LogP contribution in [-0.2, 0) is 10.0 Å². The van der Waals surface area contributed by atoms with Crippen LogP contribution in [-0.4, -0.2) is 14.0 Å². The van der Waals surface area contributed by atoms with E-state index in [0.29, 0.717) is 17.3 Å². The number of sulfonamides is 1. The molecule has 5 N–H and O–H groups in total. The summed E-state index contributed by atoms with van der Waals surface area (Å²) in [7, 11) is -3.73. The molecular formula is C12H19N3O2S. The third-order valence-corrected chi connectivity index (χ3v) is 4.21. The number of nitrogen functional groups attached to an aromatic ring is 1. The molecule has 0 amide bonds. The summed E-state index contributed by atoms with van der Waals surface area (Å²) in [4.78, 5) is 0.0385. The molecule has 1 fully saturated rings. The summed E-state index contributed by atoms with van der Waals surface area (Å²) >= 11 is 0. The Bertz CT molecular complexity index is 563. The van der Waals surface area contributed by atoms with Crippen molar-refractivity contribution in [2.24, 2.45) is 11.1 Å². The molecule has 0 atom stereocenters. The molecule has 0 aromatic heterocycles. The lowest BCUT2D eigenvalue weighted by molar-refractivity contribution is 0.494. The van der Waals surface area contributed by atoms with Gasteiger partial charge in [-0.1, -0.05) is 0 Å². The Hall–Kier alpha value is -1.27. The fourth-order valence-corrected chi connectivity index (χ4v) is 2.73. The zero-order chi connectivity index (χ0) is 13.6. The van der Waals surface area contributed by atoms with Crippen LogP contribution in [0.3, 0.4) is 0 Å². The van der Waals surface area contributed by atoms with Gasteiger partial charge >= 0.3 is 0 Å². The van der Waals surface area contributed by atoms with E-state index < -0.39 is 10.0 Å².